The average molecular weight is 238 g/mol. The van der Waals surface area contributed by atoms with E-state index in [1.807, 2.05) is 13.8 Å². The molecule has 5 heteroatoms. The summed E-state index contributed by atoms with van der Waals surface area (Å²) in [5.41, 5.74) is 0. The van der Waals surface area contributed by atoms with Gasteiger partial charge in [-0.2, -0.15) is 0 Å². The Labute approximate surface area is 92.6 Å². The van der Waals surface area contributed by atoms with Crippen molar-refractivity contribution in [3.05, 3.63) is 0 Å². The van der Waals surface area contributed by atoms with Gasteiger partial charge in [0.05, 0.1) is 12.2 Å². The molecule has 0 heterocycles. The van der Waals surface area contributed by atoms with Gasteiger partial charge in [0.2, 0.25) is 0 Å². The van der Waals surface area contributed by atoms with Crippen molar-refractivity contribution in [2.75, 3.05) is 0 Å². The SMILES string of the molecule is CCCC(C)OP(=O)(O)OC(C)CCC. The quantitative estimate of drug-likeness (QED) is 0.657. The Hall–Kier alpha value is 0.110. The summed E-state index contributed by atoms with van der Waals surface area (Å²) >= 11 is 0. The standard InChI is InChI=1S/C10H23O4P/c1-5-7-9(3)13-15(11,12)14-10(4)8-6-2/h9-10H,5-8H2,1-4H3,(H,11,12). The van der Waals surface area contributed by atoms with E-state index < -0.39 is 7.82 Å². The van der Waals surface area contributed by atoms with Crippen LogP contribution in [0.5, 0.6) is 0 Å². The molecule has 2 unspecified atom stereocenters. The topological polar surface area (TPSA) is 55.8 Å². The number of hydrogen-bond donors (Lipinski definition) is 1. The predicted molar refractivity (Wildman–Crippen MR) is 60.7 cm³/mol. The summed E-state index contributed by atoms with van der Waals surface area (Å²) in [7, 11) is -3.86. The first-order chi connectivity index (χ1) is 6.91. The van der Waals surface area contributed by atoms with Crippen molar-refractivity contribution in [2.45, 2.75) is 65.6 Å². The van der Waals surface area contributed by atoms with Crippen molar-refractivity contribution >= 4 is 7.82 Å². The largest absolute Gasteiger partial charge is 0.472 e. The van der Waals surface area contributed by atoms with Gasteiger partial charge in [0.1, 0.15) is 0 Å². The number of phosphoric acid groups is 1. The Kier molecular flexibility index (Phi) is 7.45. The van der Waals surface area contributed by atoms with Crippen molar-refractivity contribution in [3.63, 3.8) is 0 Å². The lowest BCUT2D eigenvalue weighted by Crippen LogP contribution is -2.11. The minimum atomic E-state index is -3.86. The Morgan fingerprint density at radius 2 is 1.40 bits per heavy atom. The highest BCUT2D eigenvalue weighted by atomic mass is 31.2. The summed E-state index contributed by atoms with van der Waals surface area (Å²) in [4.78, 5) is 9.42. The zero-order valence-corrected chi connectivity index (χ0v) is 11.0. The monoisotopic (exact) mass is 238 g/mol. The number of rotatable bonds is 8. The fraction of sp³-hybridized carbons (Fsp3) is 1.00. The molecule has 0 aliphatic rings. The lowest BCUT2D eigenvalue weighted by molar-refractivity contribution is 0.0796. The zero-order chi connectivity index (χ0) is 11.9. The molecular formula is C10H23O4P. The van der Waals surface area contributed by atoms with Crippen molar-refractivity contribution in [1.29, 1.82) is 0 Å². The Balaban J connectivity index is 4.00. The summed E-state index contributed by atoms with van der Waals surface area (Å²) in [5.74, 6) is 0. The van der Waals surface area contributed by atoms with Crippen LogP contribution in [0, 0.1) is 0 Å². The van der Waals surface area contributed by atoms with E-state index in [4.69, 9.17) is 9.05 Å². The molecule has 15 heavy (non-hydrogen) atoms. The summed E-state index contributed by atoms with van der Waals surface area (Å²) < 4.78 is 21.5. The second kappa shape index (κ2) is 7.39. The van der Waals surface area contributed by atoms with Gasteiger partial charge in [0.25, 0.3) is 0 Å². The molecule has 0 aromatic carbocycles. The molecule has 0 saturated heterocycles. The Morgan fingerprint density at radius 1 is 1.07 bits per heavy atom. The molecule has 0 bridgehead atoms. The molecule has 92 valence electrons. The average Bonchev–Trinajstić information content (AvgIpc) is 2.01. The second-order valence-corrected chi connectivity index (χ2v) is 5.24. The van der Waals surface area contributed by atoms with Crippen LogP contribution in [0.1, 0.15) is 53.4 Å². The van der Waals surface area contributed by atoms with Gasteiger partial charge in [0, 0.05) is 0 Å². The molecule has 0 fully saturated rings. The number of hydrogen-bond acceptors (Lipinski definition) is 3. The Bertz CT molecular complexity index is 190. The third-order valence-corrected chi connectivity index (χ3v) is 3.27. The van der Waals surface area contributed by atoms with Crippen LogP contribution in [0.2, 0.25) is 0 Å². The maximum atomic E-state index is 11.5. The smallest absolute Gasteiger partial charge is 0.302 e. The molecule has 1 N–H and O–H groups in total. The molecule has 0 amide bonds. The van der Waals surface area contributed by atoms with Crippen LogP contribution in [0.25, 0.3) is 0 Å². The normalized spacial score (nSPS) is 19.5. The van der Waals surface area contributed by atoms with E-state index in [0.717, 1.165) is 25.7 Å². The molecule has 2 atom stereocenters. The summed E-state index contributed by atoms with van der Waals surface area (Å²) in [6.07, 6.45) is 2.89. The van der Waals surface area contributed by atoms with E-state index in [9.17, 15) is 9.46 Å². The first kappa shape index (κ1) is 15.1. The second-order valence-electron chi connectivity index (χ2n) is 3.88. The van der Waals surface area contributed by atoms with Gasteiger partial charge >= 0.3 is 7.82 Å². The third kappa shape index (κ3) is 7.97. The highest BCUT2D eigenvalue weighted by Gasteiger charge is 2.26. The maximum Gasteiger partial charge on any atom is 0.472 e. The van der Waals surface area contributed by atoms with Crippen LogP contribution >= 0.6 is 7.82 Å². The molecular weight excluding hydrogens is 215 g/mol. The van der Waals surface area contributed by atoms with Crippen LogP contribution < -0.4 is 0 Å². The van der Waals surface area contributed by atoms with E-state index in [0.29, 0.717) is 0 Å². The lowest BCUT2D eigenvalue weighted by Gasteiger charge is -2.20. The van der Waals surface area contributed by atoms with Crippen molar-refractivity contribution in [3.8, 4) is 0 Å². The molecule has 4 nitrogen and oxygen atoms in total. The number of phosphoric ester groups is 1. The molecule has 0 aliphatic heterocycles. The molecule has 0 rings (SSSR count). The first-order valence-corrected chi connectivity index (χ1v) is 7.10. The highest BCUT2D eigenvalue weighted by molar-refractivity contribution is 7.47. The van der Waals surface area contributed by atoms with Gasteiger partial charge in [-0.15, -0.1) is 0 Å². The van der Waals surface area contributed by atoms with E-state index in [2.05, 4.69) is 0 Å². The van der Waals surface area contributed by atoms with Crippen molar-refractivity contribution in [2.24, 2.45) is 0 Å². The third-order valence-electron chi connectivity index (χ3n) is 2.02. The fourth-order valence-corrected chi connectivity index (χ4v) is 2.57. The highest BCUT2D eigenvalue weighted by Crippen LogP contribution is 2.46. The summed E-state index contributed by atoms with van der Waals surface area (Å²) in [6, 6.07) is 0. The zero-order valence-electron chi connectivity index (χ0n) is 10.1. The van der Waals surface area contributed by atoms with E-state index >= 15 is 0 Å². The lowest BCUT2D eigenvalue weighted by atomic mass is 10.2. The van der Waals surface area contributed by atoms with Crippen molar-refractivity contribution < 1.29 is 18.5 Å². The molecule has 0 aromatic heterocycles. The fourth-order valence-electron chi connectivity index (χ4n) is 1.40. The summed E-state index contributed by atoms with van der Waals surface area (Å²) in [6.45, 7) is 7.56. The molecule has 0 saturated carbocycles. The van der Waals surface area contributed by atoms with Crippen LogP contribution in [-0.4, -0.2) is 17.1 Å². The van der Waals surface area contributed by atoms with Gasteiger partial charge in [0.15, 0.2) is 0 Å². The van der Waals surface area contributed by atoms with Gasteiger partial charge in [-0.05, 0) is 26.7 Å². The van der Waals surface area contributed by atoms with Crippen LogP contribution in [0.3, 0.4) is 0 Å². The van der Waals surface area contributed by atoms with Gasteiger partial charge < -0.3 is 4.89 Å². The van der Waals surface area contributed by atoms with Crippen molar-refractivity contribution in [1.82, 2.24) is 0 Å². The van der Waals surface area contributed by atoms with Gasteiger partial charge in [-0.25, -0.2) is 4.57 Å². The van der Waals surface area contributed by atoms with Crippen LogP contribution in [-0.2, 0) is 13.6 Å². The van der Waals surface area contributed by atoms with Crippen LogP contribution in [0.4, 0.5) is 0 Å². The molecule has 0 aliphatic carbocycles. The van der Waals surface area contributed by atoms with Crippen LogP contribution in [0.15, 0.2) is 0 Å². The predicted octanol–water partition coefficient (Wildman–Crippen LogP) is 3.50. The van der Waals surface area contributed by atoms with E-state index in [-0.39, 0.29) is 12.2 Å². The minimum absolute atomic E-state index is 0.236. The maximum absolute atomic E-state index is 11.5. The molecule has 0 radical (unpaired) electrons. The molecule has 0 aromatic rings. The van der Waals surface area contributed by atoms with Gasteiger partial charge in [-0.1, -0.05) is 26.7 Å². The first-order valence-electron chi connectivity index (χ1n) is 5.60. The molecule has 0 spiro atoms. The van der Waals surface area contributed by atoms with E-state index in [1.165, 1.54) is 0 Å². The van der Waals surface area contributed by atoms with E-state index in [1.54, 1.807) is 13.8 Å². The van der Waals surface area contributed by atoms with Gasteiger partial charge in [-0.3, -0.25) is 9.05 Å². The Morgan fingerprint density at radius 3 is 1.67 bits per heavy atom. The minimum Gasteiger partial charge on any atom is -0.302 e. The summed E-state index contributed by atoms with van der Waals surface area (Å²) in [5, 5.41) is 0.